The van der Waals surface area contributed by atoms with E-state index in [4.69, 9.17) is 9.47 Å². The van der Waals surface area contributed by atoms with Gasteiger partial charge in [0.1, 0.15) is 0 Å². The summed E-state index contributed by atoms with van der Waals surface area (Å²) in [7, 11) is 3.28. The van der Waals surface area contributed by atoms with Gasteiger partial charge in [-0.05, 0) is 20.3 Å². The Morgan fingerprint density at radius 2 is 1.90 bits per heavy atom. The van der Waals surface area contributed by atoms with Gasteiger partial charge in [0.15, 0.2) is 0 Å². The maximum absolute atomic E-state index is 9.55. The molecule has 0 saturated carbocycles. The number of aliphatic hydroxyl groups is 1. The summed E-state index contributed by atoms with van der Waals surface area (Å²) in [6.07, 6.45) is 0.0115. The number of hydrogen-bond acceptors (Lipinski definition) is 8. The van der Waals surface area contributed by atoms with Crippen molar-refractivity contribution in [3.05, 3.63) is 0 Å². The number of nitrogens with one attached hydrogen (secondary N) is 2. The smallest absolute Gasteiger partial charge is 0.323 e. The lowest BCUT2D eigenvalue weighted by atomic mass is 10.3. The molecule has 0 fully saturated rings. The second kappa shape index (κ2) is 8.49. The van der Waals surface area contributed by atoms with Crippen molar-refractivity contribution in [2.24, 2.45) is 0 Å². The van der Waals surface area contributed by atoms with E-state index in [1.54, 1.807) is 14.2 Å². The van der Waals surface area contributed by atoms with Crippen LogP contribution in [0.2, 0.25) is 0 Å². The zero-order valence-electron chi connectivity index (χ0n) is 12.4. The molecular formula is C12H23N5O3. The number of hydrogen-bond donors (Lipinski definition) is 3. The van der Waals surface area contributed by atoms with Crippen LogP contribution >= 0.6 is 0 Å². The average molecular weight is 285 g/mol. The van der Waals surface area contributed by atoms with Crippen molar-refractivity contribution in [3.63, 3.8) is 0 Å². The van der Waals surface area contributed by atoms with E-state index in [-0.39, 0.29) is 12.1 Å². The molecule has 114 valence electrons. The van der Waals surface area contributed by atoms with Gasteiger partial charge >= 0.3 is 6.01 Å². The predicted molar refractivity (Wildman–Crippen MR) is 76.1 cm³/mol. The fraction of sp³-hybridized carbons (Fsp3) is 0.750. The Balaban J connectivity index is 2.59. The normalized spacial score (nSPS) is 12.3. The first-order valence-electron chi connectivity index (χ1n) is 6.56. The molecule has 0 bridgehead atoms. The van der Waals surface area contributed by atoms with Crippen molar-refractivity contribution in [1.82, 2.24) is 15.0 Å². The Kier molecular flexibility index (Phi) is 6.96. The predicted octanol–water partition coefficient (Wildman–Crippen LogP) is 0.510. The summed E-state index contributed by atoms with van der Waals surface area (Å²) < 4.78 is 10.3. The molecule has 1 unspecified atom stereocenters. The van der Waals surface area contributed by atoms with E-state index in [1.807, 2.05) is 13.8 Å². The number of methoxy groups -OCH3 is 1. The summed E-state index contributed by atoms with van der Waals surface area (Å²) in [6, 6.07) is 0.263. The van der Waals surface area contributed by atoms with Crippen LogP contribution in [-0.4, -0.2) is 59.6 Å². The van der Waals surface area contributed by atoms with Crippen molar-refractivity contribution in [3.8, 4) is 6.01 Å². The number of rotatable bonds is 9. The SMILES string of the molecule is CNc1nc(NCCC(O)COC)nc(OC(C)C)n1. The van der Waals surface area contributed by atoms with E-state index in [1.165, 1.54) is 0 Å². The number of aliphatic hydroxyl groups excluding tert-OH is 1. The molecule has 0 aliphatic rings. The first-order chi connectivity index (χ1) is 9.55. The lowest BCUT2D eigenvalue weighted by Crippen LogP contribution is -2.19. The van der Waals surface area contributed by atoms with Crippen LogP contribution in [0, 0.1) is 0 Å². The molecule has 3 N–H and O–H groups in total. The summed E-state index contributed by atoms with van der Waals surface area (Å²) in [5.41, 5.74) is 0. The minimum atomic E-state index is -0.510. The highest BCUT2D eigenvalue weighted by Gasteiger charge is 2.09. The number of anilines is 2. The van der Waals surface area contributed by atoms with Gasteiger partial charge in [-0.25, -0.2) is 0 Å². The lowest BCUT2D eigenvalue weighted by molar-refractivity contribution is 0.0615. The Labute approximate surface area is 118 Å². The van der Waals surface area contributed by atoms with Gasteiger partial charge in [0.25, 0.3) is 0 Å². The lowest BCUT2D eigenvalue weighted by Gasteiger charge is -2.12. The highest BCUT2D eigenvalue weighted by atomic mass is 16.5. The largest absolute Gasteiger partial charge is 0.461 e. The van der Waals surface area contributed by atoms with Crippen LogP contribution in [0.1, 0.15) is 20.3 Å². The molecular weight excluding hydrogens is 262 g/mol. The fourth-order valence-corrected chi connectivity index (χ4v) is 1.44. The highest BCUT2D eigenvalue weighted by molar-refractivity contribution is 5.35. The molecule has 1 aromatic heterocycles. The summed E-state index contributed by atoms with van der Waals surface area (Å²) in [5.74, 6) is 0.834. The van der Waals surface area contributed by atoms with Crippen molar-refractivity contribution in [2.45, 2.75) is 32.5 Å². The van der Waals surface area contributed by atoms with Crippen molar-refractivity contribution in [2.75, 3.05) is 37.9 Å². The molecule has 0 radical (unpaired) electrons. The van der Waals surface area contributed by atoms with Gasteiger partial charge in [-0.1, -0.05) is 0 Å². The van der Waals surface area contributed by atoms with E-state index in [0.717, 1.165) is 0 Å². The van der Waals surface area contributed by atoms with Crippen molar-refractivity contribution < 1.29 is 14.6 Å². The van der Waals surface area contributed by atoms with Crippen LogP contribution in [0.3, 0.4) is 0 Å². The summed E-state index contributed by atoms with van der Waals surface area (Å²) in [5, 5.41) is 15.4. The van der Waals surface area contributed by atoms with Gasteiger partial charge in [-0.2, -0.15) is 15.0 Å². The third-order valence-corrected chi connectivity index (χ3v) is 2.30. The number of aromatic nitrogens is 3. The standard InChI is InChI=1S/C12H23N5O3/c1-8(2)20-12-16-10(13-3)15-11(17-12)14-6-5-9(18)7-19-4/h8-9,18H,5-7H2,1-4H3,(H2,13,14,15,16,17). The molecule has 1 rings (SSSR count). The van der Waals surface area contributed by atoms with Gasteiger partial charge in [-0.3, -0.25) is 0 Å². The monoisotopic (exact) mass is 285 g/mol. The minimum Gasteiger partial charge on any atom is -0.461 e. The minimum absolute atomic E-state index is 0.0153. The van der Waals surface area contributed by atoms with Crippen LogP contribution in [0.4, 0.5) is 11.9 Å². The van der Waals surface area contributed by atoms with Gasteiger partial charge < -0.3 is 25.2 Å². The van der Waals surface area contributed by atoms with E-state index in [9.17, 15) is 5.11 Å². The summed E-state index contributed by atoms with van der Waals surface area (Å²) >= 11 is 0. The van der Waals surface area contributed by atoms with Gasteiger partial charge in [-0.15, -0.1) is 0 Å². The number of ether oxygens (including phenoxy) is 2. The van der Waals surface area contributed by atoms with E-state index in [2.05, 4.69) is 25.6 Å². The Morgan fingerprint density at radius 1 is 1.20 bits per heavy atom. The van der Waals surface area contributed by atoms with Crippen LogP contribution in [0.5, 0.6) is 6.01 Å². The zero-order valence-corrected chi connectivity index (χ0v) is 12.4. The molecule has 0 aromatic carbocycles. The summed E-state index contributed by atoms with van der Waals surface area (Å²) in [4.78, 5) is 12.4. The van der Waals surface area contributed by atoms with E-state index in [0.29, 0.717) is 31.5 Å². The molecule has 20 heavy (non-hydrogen) atoms. The maximum Gasteiger partial charge on any atom is 0.323 e. The molecule has 1 aromatic rings. The molecule has 0 aliphatic heterocycles. The topological polar surface area (TPSA) is 101 Å². The quantitative estimate of drug-likeness (QED) is 0.603. The molecule has 0 spiro atoms. The van der Waals surface area contributed by atoms with Gasteiger partial charge in [0.05, 0.1) is 18.8 Å². The molecule has 8 heteroatoms. The first kappa shape index (κ1) is 16.4. The van der Waals surface area contributed by atoms with E-state index >= 15 is 0 Å². The number of nitrogens with zero attached hydrogens (tertiary/aromatic N) is 3. The zero-order chi connectivity index (χ0) is 15.0. The summed E-state index contributed by atoms with van der Waals surface area (Å²) in [6.45, 7) is 4.63. The Hall–Kier alpha value is -1.67. The van der Waals surface area contributed by atoms with Crippen molar-refractivity contribution in [1.29, 1.82) is 0 Å². The molecule has 1 heterocycles. The Morgan fingerprint density at radius 3 is 2.50 bits per heavy atom. The maximum atomic E-state index is 9.55. The van der Waals surface area contributed by atoms with Crippen LogP contribution in [-0.2, 0) is 4.74 Å². The Bertz CT molecular complexity index is 403. The third kappa shape index (κ3) is 5.98. The van der Waals surface area contributed by atoms with Crippen molar-refractivity contribution >= 4 is 11.9 Å². The van der Waals surface area contributed by atoms with E-state index < -0.39 is 6.10 Å². The van der Waals surface area contributed by atoms with Crippen LogP contribution in [0.15, 0.2) is 0 Å². The fourth-order valence-electron chi connectivity index (χ4n) is 1.44. The molecule has 0 saturated heterocycles. The molecule has 1 atom stereocenters. The molecule has 0 aliphatic carbocycles. The average Bonchev–Trinajstić information content (AvgIpc) is 2.38. The van der Waals surface area contributed by atoms with Crippen LogP contribution in [0.25, 0.3) is 0 Å². The third-order valence-electron chi connectivity index (χ3n) is 2.30. The second-order valence-electron chi connectivity index (χ2n) is 4.51. The first-order valence-corrected chi connectivity index (χ1v) is 6.56. The molecule has 8 nitrogen and oxygen atoms in total. The molecule has 0 amide bonds. The highest BCUT2D eigenvalue weighted by Crippen LogP contribution is 2.12. The van der Waals surface area contributed by atoms with Gasteiger partial charge in [0, 0.05) is 20.7 Å². The second-order valence-corrected chi connectivity index (χ2v) is 4.51. The van der Waals surface area contributed by atoms with Crippen LogP contribution < -0.4 is 15.4 Å². The van der Waals surface area contributed by atoms with Gasteiger partial charge in [0.2, 0.25) is 11.9 Å².